The average molecular weight is 508 g/mol. The summed E-state index contributed by atoms with van der Waals surface area (Å²) in [5, 5.41) is 17.4. The molecule has 2 aliphatic heterocycles. The first-order valence-corrected chi connectivity index (χ1v) is 12.5. The van der Waals surface area contributed by atoms with E-state index >= 15 is 0 Å². The van der Waals surface area contributed by atoms with Crippen molar-refractivity contribution >= 4 is 17.9 Å². The van der Waals surface area contributed by atoms with Crippen LogP contribution in [0.2, 0.25) is 0 Å². The topological polar surface area (TPSA) is 118 Å². The van der Waals surface area contributed by atoms with Crippen molar-refractivity contribution in [2.24, 2.45) is 0 Å². The zero-order valence-corrected chi connectivity index (χ0v) is 21.4. The fourth-order valence-electron chi connectivity index (χ4n) is 4.70. The van der Waals surface area contributed by atoms with Crippen LogP contribution in [-0.2, 0) is 16.1 Å². The number of aldehydes is 1. The smallest absolute Gasteiger partial charge is 0.229 e. The van der Waals surface area contributed by atoms with Gasteiger partial charge in [0.2, 0.25) is 12.2 Å². The summed E-state index contributed by atoms with van der Waals surface area (Å²) in [6, 6.07) is 5.72. The number of carbonyl (C=O) groups excluding carboxylic acids is 1. The highest BCUT2D eigenvalue weighted by atomic mass is 16.5. The van der Waals surface area contributed by atoms with Crippen molar-refractivity contribution in [3.63, 3.8) is 0 Å². The van der Waals surface area contributed by atoms with E-state index in [1.807, 2.05) is 50.1 Å². The number of β-amino-alcohol motifs (C(OH)–C–C–N with tert-alkyl or cyclic N) is 1. The number of rotatable bonds is 9. The Morgan fingerprint density at radius 2 is 1.95 bits per heavy atom. The van der Waals surface area contributed by atoms with Gasteiger partial charge in [-0.05, 0) is 44.0 Å². The lowest BCUT2D eigenvalue weighted by Crippen LogP contribution is -2.49. The van der Waals surface area contributed by atoms with Crippen LogP contribution in [0.3, 0.4) is 0 Å². The molecule has 2 N–H and O–H groups in total. The molecule has 37 heavy (non-hydrogen) atoms. The Labute approximate surface area is 216 Å². The normalized spacial score (nSPS) is 17.8. The van der Waals surface area contributed by atoms with Crippen molar-refractivity contribution in [2.75, 3.05) is 44.7 Å². The maximum atomic E-state index is 11.7. The molecule has 0 radical (unpaired) electrons. The third-order valence-corrected chi connectivity index (χ3v) is 6.69. The van der Waals surface area contributed by atoms with Gasteiger partial charge in [-0.1, -0.05) is 0 Å². The van der Waals surface area contributed by atoms with E-state index in [0.717, 1.165) is 40.9 Å². The molecule has 4 heterocycles. The molecule has 0 saturated carbocycles. The average Bonchev–Trinajstić information content (AvgIpc) is 3.24. The van der Waals surface area contributed by atoms with Crippen LogP contribution >= 0.6 is 0 Å². The van der Waals surface area contributed by atoms with E-state index in [4.69, 9.17) is 9.47 Å². The van der Waals surface area contributed by atoms with Crippen molar-refractivity contribution < 1.29 is 19.4 Å². The van der Waals surface area contributed by atoms with Crippen LogP contribution < -0.4 is 10.1 Å². The Morgan fingerprint density at radius 1 is 1.22 bits per heavy atom. The SMILES string of the molecule is Cc1cc(Nc2nccc(-n3cc(CN4CC(O)C4)c(C)n3)n2)cc(C)c1OC(C=O)N1CCOCC1. The molecule has 5 rings (SSSR count). The monoisotopic (exact) mass is 507 g/mol. The first-order chi connectivity index (χ1) is 17.9. The molecule has 1 unspecified atom stereocenters. The first kappa shape index (κ1) is 25.3. The molecule has 1 aromatic carbocycles. The summed E-state index contributed by atoms with van der Waals surface area (Å²) in [4.78, 5) is 24.9. The van der Waals surface area contributed by atoms with Gasteiger partial charge < -0.3 is 19.9 Å². The Hall–Kier alpha value is -3.38. The maximum absolute atomic E-state index is 11.7. The number of likely N-dealkylation sites (tertiary alicyclic amines) is 1. The maximum Gasteiger partial charge on any atom is 0.229 e. The summed E-state index contributed by atoms with van der Waals surface area (Å²) < 4.78 is 13.3. The Kier molecular flexibility index (Phi) is 7.47. The number of nitrogens with one attached hydrogen (secondary N) is 1. The van der Waals surface area contributed by atoms with Crippen molar-refractivity contribution in [3.8, 4) is 11.6 Å². The van der Waals surface area contributed by atoms with Gasteiger partial charge in [0.1, 0.15) is 5.75 Å². The van der Waals surface area contributed by atoms with Crippen LogP contribution in [0.25, 0.3) is 5.82 Å². The van der Waals surface area contributed by atoms with E-state index in [1.54, 1.807) is 10.9 Å². The second-order valence-electron chi connectivity index (χ2n) is 9.63. The Bertz CT molecular complexity index is 1230. The van der Waals surface area contributed by atoms with Crippen LogP contribution in [-0.4, -0.2) is 92.7 Å². The molecule has 2 aliphatic rings. The molecule has 0 aliphatic carbocycles. The fraction of sp³-hybridized carbons (Fsp3) is 0.462. The number of ether oxygens (including phenoxy) is 2. The first-order valence-electron chi connectivity index (χ1n) is 12.5. The van der Waals surface area contributed by atoms with Crippen LogP contribution in [0.4, 0.5) is 11.6 Å². The summed E-state index contributed by atoms with van der Waals surface area (Å²) in [5.74, 6) is 1.80. The highest BCUT2D eigenvalue weighted by molar-refractivity contribution is 5.62. The zero-order valence-electron chi connectivity index (χ0n) is 21.4. The number of anilines is 2. The van der Waals surface area contributed by atoms with E-state index in [-0.39, 0.29) is 6.10 Å². The molecule has 0 amide bonds. The Morgan fingerprint density at radius 3 is 2.62 bits per heavy atom. The number of benzene rings is 1. The summed E-state index contributed by atoms with van der Waals surface area (Å²) in [6.45, 7) is 10.5. The van der Waals surface area contributed by atoms with Crippen molar-refractivity contribution in [2.45, 2.75) is 39.6 Å². The van der Waals surface area contributed by atoms with Crippen LogP contribution in [0, 0.1) is 20.8 Å². The van der Waals surface area contributed by atoms with Gasteiger partial charge in [0.15, 0.2) is 12.1 Å². The lowest BCUT2D eigenvalue weighted by atomic mass is 10.1. The number of nitrogens with zero attached hydrogens (tertiary/aromatic N) is 6. The minimum absolute atomic E-state index is 0.227. The molecule has 11 heteroatoms. The predicted octanol–water partition coefficient (Wildman–Crippen LogP) is 1.74. The number of carbonyl (C=O) groups is 1. The molecular weight excluding hydrogens is 474 g/mol. The number of aromatic nitrogens is 4. The van der Waals surface area contributed by atoms with E-state index in [1.165, 1.54) is 0 Å². The number of aliphatic hydroxyl groups is 1. The second kappa shape index (κ2) is 10.9. The van der Waals surface area contributed by atoms with E-state index in [9.17, 15) is 9.90 Å². The molecule has 196 valence electrons. The van der Waals surface area contributed by atoms with E-state index in [2.05, 4.69) is 25.3 Å². The standard InChI is InChI=1S/C26H33N7O4/c1-17-10-21(11-18(2)25(17)37-24(16-34)32-6-8-36-9-7-32)28-26-27-5-4-23(29-26)33-13-20(19(3)30-33)12-31-14-22(35)15-31/h4-5,10-11,13,16,22,24,35H,6-9,12,14-15H2,1-3H3,(H,27,28,29). The Balaban J connectivity index is 1.29. The van der Waals surface area contributed by atoms with Crippen molar-refractivity contribution in [1.82, 2.24) is 29.5 Å². The zero-order chi connectivity index (χ0) is 25.9. The number of aliphatic hydroxyl groups excluding tert-OH is 1. The van der Waals surface area contributed by atoms with Crippen molar-refractivity contribution in [3.05, 3.63) is 53.0 Å². The number of hydrogen-bond acceptors (Lipinski definition) is 10. The van der Waals surface area contributed by atoms with Gasteiger partial charge >= 0.3 is 0 Å². The molecule has 2 aromatic heterocycles. The largest absolute Gasteiger partial charge is 0.468 e. The van der Waals surface area contributed by atoms with Gasteiger partial charge in [-0.25, -0.2) is 9.67 Å². The molecule has 3 aromatic rings. The van der Waals surface area contributed by atoms with Crippen LogP contribution in [0.15, 0.2) is 30.6 Å². The lowest BCUT2D eigenvalue weighted by Gasteiger charge is -2.35. The van der Waals surface area contributed by atoms with Gasteiger partial charge in [0.25, 0.3) is 0 Å². The van der Waals surface area contributed by atoms with Gasteiger partial charge in [0.05, 0.1) is 25.0 Å². The highest BCUT2D eigenvalue weighted by Crippen LogP contribution is 2.30. The quantitative estimate of drug-likeness (QED) is 0.415. The number of hydrogen-bond donors (Lipinski definition) is 2. The number of aryl methyl sites for hydroxylation is 3. The summed E-state index contributed by atoms with van der Waals surface area (Å²) in [6.07, 6.45) is 3.64. The third-order valence-electron chi connectivity index (χ3n) is 6.69. The molecule has 0 spiro atoms. The molecule has 2 saturated heterocycles. The molecule has 0 bridgehead atoms. The molecule has 1 atom stereocenters. The molecular formula is C26H33N7O4. The van der Waals surface area contributed by atoms with Gasteiger partial charge in [-0.15, -0.1) is 0 Å². The van der Waals surface area contributed by atoms with Crippen LogP contribution in [0.1, 0.15) is 22.4 Å². The van der Waals surface area contributed by atoms with E-state index in [0.29, 0.717) is 56.9 Å². The predicted molar refractivity (Wildman–Crippen MR) is 137 cm³/mol. The van der Waals surface area contributed by atoms with E-state index < -0.39 is 6.23 Å². The van der Waals surface area contributed by atoms with Crippen molar-refractivity contribution in [1.29, 1.82) is 0 Å². The fourth-order valence-corrected chi connectivity index (χ4v) is 4.70. The summed E-state index contributed by atoms with van der Waals surface area (Å²) in [5.41, 5.74) is 4.67. The molecule has 11 nitrogen and oxygen atoms in total. The lowest BCUT2D eigenvalue weighted by molar-refractivity contribution is -0.125. The van der Waals surface area contributed by atoms with Gasteiger partial charge in [-0.3, -0.25) is 14.6 Å². The van der Waals surface area contributed by atoms with Gasteiger partial charge in [0, 0.05) is 62.4 Å². The summed E-state index contributed by atoms with van der Waals surface area (Å²) >= 11 is 0. The van der Waals surface area contributed by atoms with Gasteiger partial charge in [-0.2, -0.15) is 10.1 Å². The molecule has 2 fully saturated rings. The minimum Gasteiger partial charge on any atom is -0.468 e. The highest BCUT2D eigenvalue weighted by Gasteiger charge is 2.25. The second-order valence-corrected chi connectivity index (χ2v) is 9.63. The number of morpholine rings is 1. The minimum atomic E-state index is -0.645. The van der Waals surface area contributed by atoms with Crippen LogP contribution in [0.5, 0.6) is 5.75 Å². The summed E-state index contributed by atoms with van der Waals surface area (Å²) in [7, 11) is 0. The third kappa shape index (κ3) is 5.80.